The Labute approximate surface area is 158 Å². The van der Waals surface area contributed by atoms with Crippen LogP contribution >= 0.6 is 0 Å². The maximum Gasteiger partial charge on any atom is 0.244 e. The summed E-state index contributed by atoms with van der Waals surface area (Å²) in [5.41, 5.74) is 4.64. The quantitative estimate of drug-likeness (QED) is 0.717. The van der Waals surface area contributed by atoms with Crippen LogP contribution in [0.15, 0.2) is 48.5 Å². The van der Waals surface area contributed by atoms with Gasteiger partial charge in [-0.05, 0) is 36.1 Å². The molecule has 0 radical (unpaired) electrons. The number of nitrogens with zero attached hydrogens (tertiary/aromatic N) is 5. The molecule has 1 fully saturated rings. The maximum atomic E-state index is 12.8. The summed E-state index contributed by atoms with van der Waals surface area (Å²) in [5.74, 6) is 0.130. The van der Waals surface area contributed by atoms with Crippen molar-refractivity contribution in [1.82, 2.24) is 24.8 Å². The molecule has 1 amide bonds. The van der Waals surface area contributed by atoms with Gasteiger partial charge in [-0.3, -0.25) is 9.69 Å². The van der Waals surface area contributed by atoms with Gasteiger partial charge in [0.05, 0.1) is 5.52 Å². The second-order valence-corrected chi connectivity index (χ2v) is 7.51. The van der Waals surface area contributed by atoms with Gasteiger partial charge in [0.25, 0.3) is 0 Å². The first-order valence-electron chi connectivity index (χ1n) is 9.65. The first-order valence-corrected chi connectivity index (χ1v) is 9.65. The molecule has 138 valence electrons. The van der Waals surface area contributed by atoms with Gasteiger partial charge >= 0.3 is 0 Å². The second kappa shape index (κ2) is 6.78. The lowest BCUT2D eigenvalue weighted by Gasteiger charge is -2.33. The standard InChI is InChI=1S/C21H23N5O/c27-21(15-26-20-8-4-3-7-19(20)22-23-26)25-12-10-18(14-25)24-11-9-16-5-1-2-6-17(16)13-24/h1-8,18H,9-15H2. The number of likely N-dealkylation sites (tertiary alicyclic amines) is 1. The Hall–Kier alpha value is -2.73. The average molecular weight is 361 g/mol. The number of hydrogen-bond donors (Lipinski definition) is 0. The molecular formula is C21H23N5O. The fourth-order valence-electron chi connectivity index (χ4n) is 4.36. The smallest absolute Gasteiger partial charge is 0.244 e. The van der Waals surface area contributed by atoms with Gasteiger partial charge in [0.1, 0.15) is 12.1 Å². The van der Waals surface area contributed by atoms with Crippen LogP contribution in [0.2, 0.25) is 0 Å². The SMILES string of the molecule is O=C(Cn1nnc2ccccc21)N1CCC(N2CCc3ccccc3C2)C1. The summed E-state index contributed by atoms with van der Waals surface area (Å²) >= 11 is 0. The number of carbonyl (C=O) groups excluding carboxylic acids is 1. The highest BCUT2D eigenvalue weighted by Gasteiger charge is 2.32. The van der Waals surface area contributed by atoms with Crippen LogP contribution in [-0.4, -0.2) is 56.4 Å². The zero-order valence-corrected chi connectivity index (χ0v) is 15.3. The van der Waals surface area contributed by atoms with Gasteiger partial charge in [-0.1, -0.05) is 41.6 Å². The van der Waals surface area contributed by atoms with Crippen LogP contribution in [0.3, 0.4) is 0 Å². The van der Waals surface area contributed by atoms with Gasteiger partial charge < -0.3 is 4.90 Å². The Balaban J connectivity index is 1.24. The van der Waals surface area contributed by atoms with Gasteiger partial charge in [0.2, 0.25) is 5.91 Å². The van der Waals surface area contributed by atoms with Crippen molar-refractivity contribution < 1.29 is 4.79 Å². The van der Waals surface area contributed by atoms with E-state index in [9.17, 15) is 4.79 Å². The molecule has 3 aromatic rings. The average Bonchev–Trinajstić information content (AvgIpc) is 3.36. The van der Waals surface area contributed by atoms with E-state index in [4.69, 9.17) is 0 Å². The third-order valence-corrected chi connectivity index (χ3v) is 5.90. The number of rotatable bonds is 3. The number of amides is 1. The molecule has 3 heterocycles. The predicted octanol–water partition coefficient (Wildman–Crippen LogP) is 2.09. The number of para-hydroxylation sites is 1. The van der Waals surface area contributed by atoms with Crippen LogP contribution < -0.4 is 0 Å². The van der Waals surface area contributed by atoms with Crippen LogP contribution in [0, 0.1) is 0 Å². The highest BCUT2D eigenvalue weighted by molar-refractivity contribution is 5.80. The Morgan fingerprint density at radius 2 is 1.85 bits per heavy atom. The van der Waals surface area contributed by atoms with Gasteiger partial charge in [-0.2, -0.15) is 0 Å². The van der Waals surface area contributed by atoms with E-state index < -0.39 is 0 Å². The molecule has 2 aliphatic heterocycles. The highest BCUT2D eigenvalue weighted by atomic mass is 16.2. The van der Waals surface area contributed by atoms with Crippen molar-refractivity contribution >= 4 is 16.9 Å². The van der Waals surface area contributed by atoms with Crippen LogP contribution in [0.1, 0.15) is 17.5 Å². The van der Waals surface area contributed by atoms with Crippen LogP contribution in [-0.2, 0) is 24.3 Å². The van der Waals surface area contributed by atoms with Gasteiger partial charge in [0.15, 0.2) is 0 Å². The van der Waals surface area contributed by atoms with Crippen molar-refractivity contribution in [2.45, 2.75) is 32.0 Å². The van der Waals surface area contributed by atoms with Crippen LogP contribution in [0.4, 0.5) is 0 Å². The minimum atomic E-state index is 0.130. The zero-order chi connectivity index (χ0) is 18.2. The lowest BCUT2D eigenvalue weighted by molar-refractivity contribution is -0.131. The van der Waals surface area contributed by atoms with E-state index in [1.807, 2.05) is 29.2 Å². The molecule has 6 heteroatoms. The molecule has 0 bridgehead atoms. The van der Waals surface area contributed by atoms with Crippen LogP contribution in [0.25, 0.3) is 11.0 Å². The predicted molar refractivity (Wildman–Crippen MR) is 103 cm³/mol. The van der Waals surface area contributed by atoms with E-state index >= 15 is 0 Å². The molecule has 2 aliphatic rings. The molecule has 0 N–H and O–H groups in total. The van der Waals surface area contributed by atoms with E-state index in [2.05, 4.69) is 39.5 Å². The Morgan fingerprint density at radius 1 is 1.04 bits per heavy atom. The minimum absolute atomic E-state index is 0.130. The van der Waals surface area contributed by atoms with Crippen LogP contribution in [0.5, 0.6) is 0 Å². The summed E-state index contributed by atoms with van der Waals surface area (Å²) < 4.78 is 1.71. The molecule has 1 unspecified atom stereocenters. The lowest BCUT2D eigenvalue weighted by Crippen LogP contribution is -2.42. The first kappa shape index (κ1) is 16.4. The second-order valence-electron chi connectivity index (χ2n) is 7.51. The molecule has 1 atom stereocenters. The van der Waals surface area contributed by atoms with Crippen molar-refractivity contribution in [2.75, 3.05) is 19.6 Å². The first-order chi connectivity index (χ1) is 13.3. The molecule has 0 saturated carbocycles. The number of fused-ring (bicyclic) bond motifs is 2. The van der Waals surface area contributed by atoms with E-state index in [1.165, 1.54) is 11.1 Å². The number of benzene rings is 2. The highest BCUT2D eigenvalue weighted by Crippen LogP contribution is 2.24. The number of aromatic nitrogens is 3. The summed E-state index contributed by atoms with van der Waals surface area (Å²) in [6, 6.07) is 16.9. The van der Waals surface area contributed by atoms with E-state index in [-0.39, 0.29) is 12.5 Å². The molecule has 0 spiro atoms. The van der Waals surface area contributed by atoms with Crippen molar-refractivity contribution in [3.05, 3.63) is 59.7 Å². The van der Waals surface area contributed by atoms with Gasteiger partial charge in [-0.15, -0.1) is 5.10 Å². The fourth-order valence-corrected chi connectivity index (χ4v) is 4.36. The van der Waals surface area contributed by atoms with Gasteiger partial charge in [-0.25, -0.2) is 4.68 Å². The van der Waals surface area contributed by atoms with Crippen molar-refractivity contribution in [3.8, 4) is 0 Å². The monoisotopic (exact) mass is 361 g/mol. The van der Waals surface area contributed by atoms with E-state index in [1.54, 1.807) is 4.68 Å². The number of hydrogen-bond acceptors (Lipinski definition) is 4. The molecule has 6 nitrogen and oxygen atoms in total. The molecule has 0 aliphatic carbocycles. The molecule has 27 heavy (non-hydrogen) atoms. The van der Waals surface area contributed by atoms with Crippen molar-refractivity contribution in [2.24, 2.45) is 0 Å². The van der Waals surface area contributed by atoms with Crippen molar-refractivity contribution in [1.29, 1.82) is 0 Å². The van der Waals surface area contributed by atoms with Gasteiger partial charge in [0, 0.05) is 32.2 Å². The largest absolute Gasteiger partial charge is 0.339 e. The van der Waals surface area contributed by atoms with Crippen molar-refractivity contribution in [3.63, 3.8) is 0 Å². The third kappa shape index (κ3) is 3.10. The summed E-state index contributed by atoms with van der Waals surface area (Å²) in [4.78, 5) is 17.3. The third-order valence-electron chi connectivity index (χ3n) is 5.90. The Kier molecular flexibility index (Phi) is 4.13. The Morgan fingerprint density at radius 3 is 2.78 bits per heavy atom. The molecule has 5 rings (SSSR count). The summed E-state index contributed by atoms with van der Waals surface area (Å²) in [7, 11) is 0. The molecule has 1 saturated heterocycles. The molecule has 1 aromatic heterocycles. The topological polar surface area (TPSA) is 54.3 Å². The summed E-state index contributed by atoms with van der Waals surface area (Å²) in [5, 5.41) is 8.29. The summed E-state index contributed by atoms with van der Waals surface area (Å²) in [6.07, 6.45) is 2.15. The maximum absolute atomic E-state index is 12.8. The number of carbonyl (C=O) groups is 1. The summed E-state index contributed by atoms with van der Waals surface area (Å²) in [6.45, 7) is 3.98. The van der Waals surface area contributed by atoms with E-state index in [0.29, 0.717) is 6.04 Å². The fraction of sp³-hybridized carbons (Fsp3) is 0.381. The normalized spacial score (nSPS) is 20.1. The van der Waals surface area contributed by atoms with E-state index in [0.717, 1.165) is 50.1 Å². The lowest BCUT2D eigenvalue weighted by atomic mass is 9.98. The minimum Gasteiger partial charge on any atom is -0.339 e. The zero-order valence-electron chi connectivity index (χ0n) is 15.3. The Bertz CT molecular complexity index is 981. The molecular weight excluding hydrogens is 338 g/mol. The molecule has 2 aromatic carbocycles.